The number of hydrogen-bond donors (Lipinski definition) is 0. The maximum atomic E-state index is 10.8. The predicted octanol–water partition coefficient (Wildman–Crippen LogP) is -1.28. The fraction of sp³-hybridized carbons (Fsp3) is 0. The first kappa shape index (κ1) is 26.1. The molecule has 151 valence electrons. The fourth-order valence-electron chi connectivity index (χ4n) is 1.64. The van der Waals surface area contributed by atoms with Gasteiger partial charge >= 0.3 is 17.1 Å². The standard InChI is InChI=1S/C10H8N2.C7H5BrO2.ClHO4.Cu/c1-3-7-11-9(5-1)10-6-2-4-8-12-10;8-6-1-2-7(10)5(3-6)4-9;2-1(3,4)5;/h1-8H;1-4,10H;(H,2,3,4,5);/q;;;+2/p-2. The van der Waals surface area contributed by atoms with Gasteiger partial charge in [0.25, 0.3) is 0 Å². The Balaban J connectivity index is 0.000000416. The number of aromatic nitrogens is 2. The molecule has 1 aromatic carbocycles. The van der Waals surface area contributed by atoms with Crippen LogP contribution in [0.25, 0.3) is 11.4 Å². The van der Waals surface area contributed by atoms with Gasteiger partial charge in [-0.15, -0.1) is 10.2 Å². The van der Waals surface area contributed by atoms with Crippen LogP contribution in [0.3, 0.4) is 0 Å². The molecule has 3 rings (SSSR count). The van der Waals surface area contributed by atoms with E-state index in [1.165, 1.54) is 12.1 Å². The van der Waals surface area contributed by atoms with E-state index in [-0.39, 0.29) is 28.4 Å². The first-order valence-electron chi connectivity index (χ1n) is 7.06. The van der Waals surface area contributed by atoms with Gasteiger partial charge < -0.3 is 5.11 Å². The molecule has 11 heteroatoms. The van der Waals surface area contributed by atoms with Gasteiger partial charge in [0.2, 0.25) is 0 Å². The third-order valence-corrected chi connectivity index (χ3v) is 3.18. The van der Waals surface area contributed by atoms with Gasteiger partial charge in [-0.2, -0.15) is 0 Å². The van der Waals surface area contributed by atoms with Crippen LogP contribution in [-0.4, -0.2) is 16.3 Å². The number of pyridine rings is 2. The summed E-state index contributed by atoms with van der Waals surface area (Å²) >= 11 is 3.14. The SMILES string of the molecule is O=Cc1cc(Br)ccc1[O-].[Cu+2].[O-][Cl+3]([O-])([O-])[O-].c1ccc(-c2ccccn2)nc1. The quantitative estimate of drug-likeness (QED) is 0.299. The average molecular weight is 519 g/mol. The summed E-state index contributed by atoms with van der Waals surface area (Å²) in [6.45, 7) is 0. The van der Waals surface area contributed by atoms with Gasteiger partial charge in [0.05, 0.1) is 11.4 Å². The molecule has 3 aromatic rings. The minimum absolute atomic E-state index is 0. The van der Waals surface area contributed by atoms with Crippen LogP contribution in [0.4, 0.5) is 0 Å². The van der Waals surface area contributed by atoms with Gasteiger partial charge in [-0.3, -0.25) is 14.8 Å². The van der Waals surface area contributed by atoms with Gasteiger partial charge in [-0.25, -0.2) is 18.6 Å². The Bertz CT molecular complexity index is 795. The Kier molecular flexibility index (Phi) is 12.4. The molecule has 0 N–H and O–H groups in total. The molecular formula is C17H12BrClCuN2O6. The van der Waals surface area contributed by atoms with Gasteiger partial charge in [0.1, 0.15) is 6.29 Å². The van der Waals surface area contributed by atoms with Crippen molar-refractivity contribution in [3.05, 3.63) is 77.0 Å². The number of nitrogens with zero attached hydrogens (tertiary/aromatic N) is 2. The van der Waals surface area contributed by atoms with Crippen molar-refractivity contribution in [3.8, 4) is 17.1 Å². The topological polar surface area (TPSA) is 158 Å². The number of hydrogen-bond acceptors (Lipinski definition) is 8. The Morgan fingerprint density at radius 3 is 1.64 bits per heavy atom. The van der Waals surface area contributed by atoms with Gasteiger partial charge in [-0.05, 0) is 36.4 Å². The van der Waals surface area contributed by atoms with Crippen molar-refractivity contribution in [2.24, 2.45) is 0 Å². The van der Waals surface area contributed by atoms with Crippen LogP contribution < -0.4 is 23.7 Å². The second kappa shape index (κ2) is 13.3. The summed E-state index contributed by atoms with van der Waals surface area (Å²) < 4.78 is 34.7. The number of carbonyl (C=O) groups excluding carboxylic acids is 1. The molecular weight excluding hydrogens is 507 g/mol. The molecule has 0 saturated heterocycles. The van der Waals surface area contributed by atoms with Crippen LogP contribution in [0.15, 0.2) is 71.5 Å². The monoisotopic (exact) mass is 517 g/mol. The second-order valence-electron chi connectivity index (χ2n) is 4.61. The molecule has 0 aliphatic carbocycles. The van der Waals surface area contributed by atoms with Crippen molar-refractivity contribution >= 4 is 22.2 Å². The zero-order chi connectivity index (χ0) is 20.3. The molecule has 1 radical (unpaired) electrons. The molecule has 28 heavy (non-hydrogen) atoms. The molecule has 0 unspecified atom stereocenters. The van der Waals surface area contributed by atoms with Crippen LogP contribution >= 0.6 is 15.9 Å². The maximum Gasteiger partial charge on any atom is 2.00 e. The van der Waals surface area contributed by atoms with Crippen LogP contribution in [-0.2, 0) is 17.1 Å². The number of carbonyl (C=O) groups is 1. The van der Waals surface area contributed by atoms with E-state index in [9.17, 15) is 9.90 Å². The zero-order valence-electron chi connectivity index (χ0n) is 13.8. The molecule has 0 saturated carbocycles. The summed E-state index contributed by atoms with van der Waals surface area (Å²) in [5, 5.41) is 10.8. The predicted molar refractivity (Wildman–Crippen MR) is 86.4 cm³/mol. The molecule has 8 nitrogen and oxygen atoms in total. The molecule has 2 aromatic heterocycles. The molecule has 0 spiro atoms. The zero-order valence-corrected chi connectivity index (χ0v) is 17.1. The Morgan fingerprint density at radius 1 is 0.857 bits per heavy atom. The molecule has 0 amide bonds. The molecule has 0 fully saturated rings. The van der Waals surface area contributed by atoms with Crippen LogP contribution in [0.5, 0.6) is 5.75 Å². The Hall–Kier alpha value is -1.88. The summed E-state index contributed by atoms with van der Waals surface area (Å²) in [6.07, 6.45) is 4.08. The van der Waals surface area contributed by atoms with Crippen LogP contribution in [0.2, 0.25) is 0 Å². The number of rotatable bonds is 2. The van der Waals surface area contributed by atoms with Gasteiger partial charge in [-0.1, -0.05) is 39.9 Å². The normalized spacial score (nSPS) is 9.61. The molecule has 0 aliphatic heterocycles. The van der Waals surface area contributed by atoms with E-state index in [1.54, 1.807) is 18.5 Å². The van der Waals surface area contributed by atoms with E-state index in [0.29, 0.717) is 6.29 Å². The van der Waals surface area contributed by atoms with Crippen molar-refractivity contribution in [3.63, 3.8) is 0 Å². The van der Waals surface area contributed by atoms with E-state index < -0.39 is 10.2 Å². The van der Waals surface area contributed by atoms with Gasteiger partial charge in [0.15, 0.2) is 0 Å². The van der Waals surface area contributed by atoms with Crippen molar-refractivity contribution < 1.29 is 55.8 Å². The van der Waals surface area contributed by atoms with E-state index in [1.807, 2.05) is 36.4 Å². The van der Waals surface area contributed by atoms with E-state index in [4.69, 9.17) is 18.6 Å². The van der Waals surface area contributed by atoms with Crippen molar-refractivity contribution in [2.75, 3.05) is 0 Å². The summed E-state index contributed by atoms with van der Waals surface area (Å²) in [4.78, 5) is 18.5. The molecule has 2 heterocycles. The minimum atomic E-state index is -4.94. The first-order valence-corrected chi connectivity index (χ1v) is 9.09. The van der Waals surface area contributed by atoms with Crippen molar-refractivity contribution in [1.29, 1.82) is 0 Å². The van der Waals surface area contributed by atoms with Crippen LogP contribution in [0.1, 0.15) is 10.4 Å². The van der Waals surface area contributed by atoms with E-state index in [2.05, 4.69) is 25.9 Å². The smallest absolute Gasteiger partial charge is 0.872 e. The molecule has 0 bridgehead atoms. The fourth-order valence-corrected chi connectivity index (χ4v) is 2.02. The average Bonchev–Trinajstić information content (AvgIpc) is 2.64. The number of aldehydes is 1. The summed E-state index contributed by atoms with van der Waals surface area (Å²) in [7, 11) is -4.94. The molecule has 0 aliphatic rings. The van der Waals surface area contributed by atoms with Crippen molar-refractivity contribution in [1.82, 2.24) is 9.97 Å². The largest absolute Gasteiger partial charge is 2.00 e. The first-order chi connectivity index (χ1) is 12.7. The number of halogens is 2. The second-order valence-corrected chi connectivity index (χ2v) is 6.28. The molecule has 0 atom stereocenters. The Labute approximate surface area is 181 Å². The Morgan fingerprint density at radius 2 is 1.32 bits per heavy atom. The summed E-state index contributed by atoms with van der Waals surface area (Å²) in [5.41, 5.74) is 2.02. The van der Waals surface area contributed by atoms with E-state index >= 15 is 0 Å². The number of benzene rings is 1. The van der Waals surface area contributed by atoms with Crippen LogP contribution in [0, 0.1) is 10.2 Å². The van der Waals surface area contributed by atoms with E-state index in [0.717, 1.165) is 15.9 Å². The third-order valence-electron chi connectivity index (χ3n) is 2.69. The third kappa shape index (κ3) is 11.8. The maximum absolute atomic E-state index is 10.8. The van der Waals surface area contributed by atoms with Crippen molar-refractivity contribution in [2.45, 2.75) is 0 Å². The van der Waals surface area contributed by atoms with Gasteiger partial charge in [0, 0.05) is 22.4 Å². The summed E-state index contributed by atoms with van der Waals surface area (Å²) in [5.74, 6) is -0.238. The minimum Gasteiger partial charge on any atom is -0.872 e. The summed E-state index contributed by atoms with van der Waals surface area (Å²) in [6, 6.07) is 16.1.